The molecule has 0 atom stereocenters. The maximum absolute atomic E-state index is 12.3. The molecule has 2 aromatic carbocycles. The number of carbonyl (C=O) groups excluding carboxylic acids is 1. The zero-order chi connectivity index (χ0) is 18.2. The van der Waals surface area contributed by atoms with E-state index in [-0.39, 0.29) is 11.0 Å². The molecule has 0 spiro atoms. The van der Waals surface area contributed by atoms with Crippen LogP contribution in [0.4, 0.5) is 0 Å². The highest BCUT2D eigenvalue weighted by atomic mass is 35.5. The van der Waals surface area contributed by atoms with Crippen molar-refractivity contribution in [1.29, 1.82) is 0 Å². The van der Waals surface area contributed by atoms with E-state index in [9.17, 15) is 4.79 Å². The predicted octanol–water partition coefficient (Wildman–Crippen LogP) is 4.18. The highest BCUT2D eigenvalue weighted by Gasteiger charge is 2.09. The normalized spacial score (nSPS) is 10.4. The first kappa shape index (κ1) is 19.2. The lowest BCUT2D eigenvalue weighted by Crippen LogP contribution is -2.38. The lowest BCUT2D eigenvalue weighted by atomic mass is 10.2. The lowest BCUT2D eigenvalue weighted by molar-refractivity contribution is 0.0976. The molecule has 0 radical (unpaired) electrons. The highest BCUT2D eigenvalue weighted by molar-refractivity contribution is 7.80. The van der Waals surface area contributed by atoms with Gasteiger partial charge in [0, 0.05) is 17.1 Å². The van der Waals surface area contributed by atoms with Crippen LogP contribution in [-0.2, 0) is 6.54 Å². The van der Waals surface area contributed by atoms with Crippen molar-refractivity contribution in [2.45, 2.75) is 20.4 Å². The molecule has 0 saturated carbocycles. The molecule has 4 nitrogen and oxygen atoms in total. The zero-order valence-corrected chi connectivity index (χ0v) is 15.8. The van der Waals surface area contributed by atoms with Crippen LogP contribution < -0.4 is 15.4 Å². The Balaban J connectivity index is 1.89. The summed E-state index contributed by atoms with van der Waals surface area (Å²) in [4.78, 5) is 12.3. The zero-order valence-electron chi connectivity index (χ0n) is 14.2. The number of benzene rings is 2. The van der Waals surface area contributed by atoms with Crippen molar-refractivity contribution in [3.63, 3.8) is 0 Å². The maximum Gasteiger partial charge on any atom is 0.257 e. The van der Waals surface area contributed by atoms with Gasteiger partial charge in [-0.3, -0.25) is 10.1 Å². The summed E-state index contributed by atoms with van der Waals surface area (Å²) in [6, 6.07) is 14.5. The quantitative estimate of drug-likeness (QED) is 0.742. The molecule has 2 aromatic rings. The Morgan fingerprint density at radius 1 is 1.20 bits per heavy atom. The molecule has 0 bridgehead atoms. The first-order valence-electron chi connectivity index (χ1n) is 8.01. The van der Waals surface area contributed by atoms with Gasteiger partial charge in [0.1, 0.15) is 5.75 Å². The lowest BCUT2D eigenvalue weighted by Gasteiger charge is -2.12. The van der Waals surface area contributed by atoms with Crippen molar-refractivity contribution < 1.29 is 9.53 Å². The van der Waals surface area contributed by atoms with E-state index in [1.807, 2.05) is 30.3 Å². The summed E-state index contributed by atoms with van der Waals surface area (Å²) in [7, 11) is 0. The number of hydrogen-bond acceptors (Lipinski definition) is 3. The molecule has 0 saturated heterocycles. The number of amides is 1. The molecule has 0 aliphatic heterocycles. The maximum atomic E-state index is 12.3. The fraction of sp³-hybridized carbons (Fsp3) is 0.263. The molecule has 0 aliphatic rings. The van der Waals surface area contributed by atoms with Crippen LogP contribution in [0.3, 0.4) is 0 Å². The van der Waals surface area contributed by atoms with Crippen LogP contribution in [0.25, 0.3) is 0 Å². The van der Waals surface area contributed by atoms with Crippen molar-refractivity contribution in [2.75, 3.05) is 6.61 Å². The summed E-state index contributed by atoms with van der Waals surface area (Å²) in [5.41, 5.74) is 1.40. The van der Waals surface area contributed by atoms with Crippen molar-refractivity contribution in [3.8, 4) is 5.75 Å². The molecular formula is C19H21ClN2O2S. The molecule has 1 amide bonds. The van der Waals surface area contributed by atoms with Gasteiger partial charge < -0.3 is 10.1 Å². The minimum atomic E-state index is -0.286. The van der Waals surface area contributed by atoms with E-state index < -0.39 is 0 Å². The van der Waals surface area contributed by atoms with E-state index in [0.717, 1.165) is 5.56 Å². The number of halogens is 1. The molecule has 0 aliphatic carbocycles. The largest absolute Gasteiger partial charge is 0.493 e. The number of hydrogen-bond donors (Lipinski definition) is 2. The van der Waals surface area contributed by atoms with Crippen molar-refractivity contribution in [1.82, 2.24) is 10.6 Å². The summed E-state index contributed by atoms with van der Waals surface area (Å²) < 4.78 is 5.64. The fourth-order valence-corrected chi connectivity index (χ4v) is 2.39. The molecule has 6 heteroatoms. The van der Waals surface area contributed by atoms with Gasteiger partial charge in [-0.25, -0.2) is 0 Å². The van der Waals surface area contributed by atoms with Crippen LogP contribution in [0, 0.1) is 5.92 Å². The Morgan fingerprint density at radius 2 is 1.96 bits per heavy atom. The second-order valence-corrected chi connectivity index (χ2v) is 6.78. The molecule has 0 aromatic heterocycles. The van der Waals surface area contributed by atoms with Crippen LogP contribution in [0.2, 0.25) is 5.02 Å². The predicted molar refractivity (Wildman–Crippen MR) is 105 cm³/mol. The molecule has 25 heavy (non-hydrogen) atoms. The smallest absolute Gasteiger partial charge is 0.257 e. The van der Waals surface area contributed by atoms with Crippen LogP contribution in [0.15, 0.2) is 48.5 Å². The standard InChI is InChI=1S/C19H21ClN2O2S/c1-13(2)12-24-16-8-5-7-14(10-16)18(23)22-19(25)21-11-15-6-3-4-9-17(15)20/h3-10,13H,11-12H2,1-2H3,(H2,21,22,23,25). The summed E-state index contributed by atoms with van der Waals surface area (Å²) in [5.74, 6) is 0.794. The first-order chi connectivity index (χ1) is 12.0. The number of thiocarbonyl (C=S) groups is 1. The third-order valence-corrected chi connectivity index (χ3v) is 3.92. The van der Waals surface area contributed by atoms with E-state index in [1.54, 1.807) is 18.2 Å². The third-order valence-electron chi connectivity index (χ3n) is 3.30. The van der Waals surface area contributed by atoms with Crippen LogP contribution >= 0.6 is 23.8 Å². The van der Waals surface area contributed by atoms with Crippen molar-refractivity contribution in [3.05, 3.63) is 64.7 Å². The molecule has 0 fully saturated rings. The second kappa shape index (κ2) is 9.39. The van der Waals surface area contributed by atoms with Gasteiger partial charge in [0.05, 0.1) is 6.61 Å². The SMILES string of the molecule is CC(C)COc1cccc(C(=O)NC(=S)NCc2ccccc2Cl)c1. The minimum absolute atomic E-state index is 0.249. The first-order valence-corrected chi connectivity index (χ1v) is 8.80. The second-order valence-electron chi connectivity index (χ2n) is 5.96. The molecule has 0 heterocycles. The Morgan fingerprint density at radius 3 is 2.68 bits per heavy atom. The fourth-order valence-electron chi connectivity index (χ4n) is 2.03. The van der Waals surface area contributed by atoms with Gasteiger partial charge in [-0.2, -0.15) is 0 Å². The topological polar surface area (TPSA) is 50.4 Å². The Bertz CT molecular complexity index is 750. The average Bonchev–Trinajstić information content (AvgIpc) is 2.59. The van der Waals surface area contributed by atoms with Crippen LogP contribution in [0.1, 0.15) is 29.8 Å². The molecule has 132 valence electrons. The third kappa shape index (κ3) is 6.36. The Kier molecular flexibility index (Phi) is 7.22. The summed E-state index contributed by atoms with van der Waals surface area (Å²) in [6.07, 6.45) is 0. The number of carbonyl (C=O) groups is 1. The van der Waals surface area contributed by atoms with Crippen molar-refractivity contribution in [2.24, 2.45) is 5.92 Å². The van der Waals surface area contributed by atoms with Crippen LogP contribution in [0.5, 0.6) is 5.75 Å². The highest BCUT2D eigenvalue weighted by Crippen LogP contribution is 2.15. The van der Waals surface area contributed by atoms with Gasteiger partial charge in [0.15, 0.2) is 5.11 Å². The molecule has 0 unspecified atom stereocenters. The Labute approximate surface area is 158 Å². The van der Waals surface area contributed by atoms with E-state index in [0.29, 0.717) is 35.4 Å². The number of rotatable bonds is 6. The molecule has 2 N–H and O–H groups in total. The van der Waals surface area contributed by atoms with E-state index in [1.165, 1.54) is 0 Å². The summed E-state index contributed by atoms with van der Waals surface area (Å²) >= 11 is 11.3. The van der Waals surface area contributed by atoms with Gasteiger partial charge in [-0.15, -0.1) is 0 Å². The van der Waals surface area contributed by atoms with E-state index >= 15 is 0 Å². The molecular weight excluding hydrogens is 356 g/mol. The van der Waals surface area contributed by atoms with Crippen LogP contribution in [-0.4, -0.2) is 17.6 Å². The van der Waals surface area contributed by atoms with Crippen molar-refractivity contribution >= 4 is 34.8 Å². The monoisotopic (exact) mass is 376 g/mol. The van der Waals surface area contributed by atoms with Gasteiger partial charge in [-0.1, -0.05) is 49.7 Å². The van der Waals surface area contributed by atoms with Gasteiger partial charge >= 0.3 is 0 Å². The van der Waals surface area contributed by atoms with Gasteiger partial charge in [0.2, 0.25) is 0 Å². The minimum Gasteiger partial charge on any atom is -0.493 e. The number of nitrogens with one attached hydrogen (secondary N) is 2. The Hall–Kier alpha value is -2.11. The van der Waals surface area contributed by atoms with E-state index in [2.05, 4.69) is 24.5 Å². The number of ether oxygens (including phenoxy) is 1. The van der Waals surface area contributed by atoms with Gasteiger partial charge in [-0.05, 0) is 48.0 Å². The van der Waals surface area contributed by atoms with E-state index in [4.69, 9.17) is 28.6 Å². The molecule has 2 rings (SSSR count). The van der Waals surface area contributed by atoms with Gasteiger partial charge in [0.25, 0.3) is 5.91 Å². The summed E-state index contributed by atoms with van der Waals surface area (Å²) in [5, 5.41) is 6.54. The summed E-state index contributed by atoms with van der Waals surface area (Å²) in [6.45, 7) is 5.18. The average molecular weight is 377 g/mol.